The van der Waals surface area contributed by atoms with E-state index in [1.54, 1.807) is 12.1 Å². The average Bonchev–Trinajstić information content (AvgIpc) is 2.01. The van der Waals surface area contributed by atoms with Crippen molar-refractivity contribution in [3.63, 3.8) is 0 Å². The Kier molecular flexibility index (Phi) is 3.34. The van der Waals surface area contributed by atoms with Crippen LogP contribution in [0.4, 0.5) is 0 Å². The van der Waals surface area contributed by atoms with Crippen molar-refractivity contribution in [1.29, 1.82) is 0 Å². The van der Waals surface area contributed by atoms with Crippen molar-refractivity contribution in [3.05, 3.63) is 34.9 Å². The lowest BCUT2D eigenvalue weighted by molar-refractivity contribution is 0.101. The van der Waals surface area contributed by atoms with Gasteiger partial charge in [0.1, 0.15) is 0 Å². The molecular weight excluding hydrogens is 207 g/mol. The number of rotatable bonds is 2. The maximum absolute atomic E-state index is 11.4. The lowest BCUT2D eigenvalue weighted by Crippen LogP contribution is -2.08. The van der Waals surface area contributed by atoms with Crippen LogP contribution in [0.2, 0.25) is 0 Å². The molecule has 0 saturated heterocycles. The molecule has 70 valence electrons. The van der Waals surface area contributed by atoms with Crippen LogP contribution in [0, 0.1) is 13.8 Å². The minimum atomic E-state index is -0.971. The predicted octanol–water partition coefficient (Wildman–Crippen LogP) is 3.29. The van der Waals surface area contributed by atoms with E-state index < -0.39 is 4.84 Å². The predicted molar refractivity (Wildman–Crippen MR) is 55.7 cm³/mol. The topological polar surface area (TPSA) is 17.1 Å². The highest BCUT2D eigenvalue weighted by Crippen LogP contribution is 2.15. The number of hydrogen-bond donors (Lipinski definition) is 0. The van der Waals surface area contributed by atoms with Crippen LogP contribution in [0.3, 0.4) is 0 Å². The Balaban J connectivity index is 3.08. The summed E-state index contributed by atoms with van der Waals surface area (Å²) in [5.41, 5.74) is 2.65. The van der Waals surface area contributed by atoms with E-state index in [1.807, 2.05) is 19.9 Å². The molecule has 1 nitrogen and oxygen atoms in total. The Morgan fingerprint density at radius 1 is 1.15 bits per heavy atom. The van der Waals surface area contributed by atoms with E-state index in [0.29, 0.717) is 5.56 Å². The van der Waals surface area contributed by atoms with Crippen molar-refractivity contribution >= 4 is 29.0 Å². The molecule has 0 fully saturated rings. The minimum Gasteiger partial charge on any atom is -0.291 e. The van der Waals surface area contributed by atoms with Crippen molar-refractivity contribution < 1.29 is 4.79 Å². The van der Waals surface area contributed by atoms with Crippen molar-refractivity contribution in [2.45, 2.75) is 18.7 Å². The fourth-order valence-electron chi connectivity index (χ4n) is 1.24. The third kappa shape index (κ3) is 2.71. The van der Waals surface area contributed by atoms with Crippen molar-refractivity contribution in [2.75, 3.05) is 0 Å². The van der Waals surface area contributed by atoms with Crippen LogP contribution in [0.15, 0.2) is 18.2 Å². The number of carbonyl (C=O) groups is 1. The van der Waals surface area contributed by atoms with Gasteiger partial charge >= 0.3 is 0 Å². The van der Waals surface area contributed by atoms with Crippen LogP contribution in [-0.2, 0) is 0 Å². The summed E-state index contributed by atoms with van der Waals surface area (Å²) in [7, 11) is 0. The molecule has 0 bridgehead atoms. The van der Waals surface area contributed by atoms with Gasteiger partial charge < -0.3 is 0 Å². The molecule has 0 aliphatic heterocycles. The van der Waals surface area contributed by atoms with Crippen LogP contribution in [0.1, 0.15) is 21.5 Å². The molecule has 0 atom stereocenters. The highest BCUT2D eigenvalue weighted by atomic mass is 35.5. The molecule has 0 aliphatic carbocycles. The Morgan fingerprint density at radius 3 is 2.00 bits per heavy atom. The van der Waals surface area contributed by atoms with Gasteiger partial charge in [-0.2, -0.15) is 0 Å². The first-order valence-corrected chi connectivity index (χ1v) is 4.78. The fraction of sp³-hybridized carbons (Fsp3) is 0.300. The zero-order valence-electron chi connectivity index (χ0n) is 7.47. The van der Waals surface area contributed by atoms with Gasteiger partial charge in [0.05, 0.1) is 0 Å². The number of alkyl halides is 2. The number of Topliss-reactive ketones (excluding diaryl/α,β-unsaturated/α-hetero) is 1. The van der Waals surface area contributed by atoms with Crippen LogP contribution in [-0.4, -0.2) is 10.6 Å². The molecule has 13 heavy (non-hydrogen) atoms. The molecule has 0 unspecified atom stereocenters. The molecule has 1 aromatic carbocycles. The zero-order valence-corrected chi connectivity index (χ0v) is 8.99. The van der Waals surface area contributed by atoms with Crippen molar-refractivity contribution in [3.8, 4) is 0 Å². The van der Waals surface area contributed by atoms with Gasteiger partial charge in [-0.3, -0.25) is 4.79 Å². The van der Waals surface area contributed by atoms with Gasteiger partial charge in [0, 0.05) is 5.56 Å². The highest BCUT2D eigenvalue weighted by molar-refractivity contribution is 6.55. The Bertz CT molecular complexity index is 311. The second kappa shape index (κ2) is 4.12. The van der Waals surface area contributed by atoms with Gasteiger partial charge in [-0.25, -0.2) is 0 Å². The first-order chi connectivity index (χ1) is 6.00. The Morgan fingerprint density at radius 2 is 1.62 bits per heavy atom. The normalized spacial score (nSPS) is 10.5. The number of halogens is 2. The van der Waals surface area contributed by atoms with Gasteiger partial charge in [0.2, 0.25) is 0 Å². The summed E-state index contributed by atoms with van der Waals surface area (Å²) < 4.78 is 0. The van der Waals surface area contributed by atoms with E-state index in [2.05, 4.69) is 0 Å². The van der Waals surface area contributed by atoms with Crippen LogP contribution < -0.4 is 0 Å². The van der Waals surface area contributed by atoms with Crippen LogP contribution in [0.5, 0.6) is 0 Å². The lowest BCUT2D eigenvalue weighted by Gasteiger charge is -2.03. The molecule has 0 spiro atoms. The van der Waals surface area contributed by atoms with E-state index in [0.717, 1.165) is 11.1 Å². The van der Waals surface area contributed by atoms with E-state index in [-0.39, 0.29) is 5.78 Å². The van der Waals surface area contributed by atoms with Gasteiger partial charge in [0.25, 0.3) is 0 Å². The third-order valence-electron chi connectivity index (χ3n) is 1.70. The van der Waals surface area contributed by atoms with Gasteiger partial charge in [-0.15, -0.1) is 0 Å². The largest absolute Gasteiger partial charge is 0.291 e. The van der Waals surface area contributed by atoms with Gasteiger partial charge in [-0.1, -0.05) is 40.4 Å². The quantitative estimate of drug-likeness (QED) is 0.548. The summed E-state index contributed by atoms with van der Waals surface area (Å²) in [5, 5.41) is 0. The molecule has 1 rings (SSSR count). The molecule has 0 saturated carbocycles. The van der Waals surface area contributed by atoms with E-state index in [9.17, 15) is 4.79 Å². The molecule has 3 heteroatoms. The second-order valence-corrected chi connectivity index (χ2v) is 4.14. The number of carbonyl (C=O) groups excluding carboxylic acids is 1. The Hall–Kier alpha value is -0.530. The first kappa shape index (κ1) is 10.6. The third-order valence-corrected chi connectivity index (χ3v) is 2.10. The molecule has 0 aliphatic rings. The standard InChI is InChI=1S/C10H10Cl2O/c1-6-3-7(2)5-8(4-6)9(13)10(11)12/h3-5,10H,1-2H3. The van der Waals surface area contributed by atoms with E-state index in [1.165, 1.54) is 0 Å². The van der Waals surface area contributed by atoms with E-state index >= 15 is 0 Å². The lowest BCUT2D eigenvalue weighted by atomic mass is 10.1. The number of hydrogen-bond acceptors (Lipinski definition) is 1. The SMILES string of the molecule is Cc1cc(C)cc(C(=O)C(Cl)Cl)c1. The molecule has 1 aromatic rings. The molecular formula is C10H10Cl2O. The number of aryl methyl sites for hydroxylation is 2. The molecule has 0 heterocycles. The molecule has 0 aromatic heterocycles. The average molecular weight is 217 g/mol. The minimum absolute atomic E-state index is 0.241. The summed E-state index contributed by atoms with van der Waals surface area (Å²) in [6.07, 6.45) is 0. The smallest absolute Gasteiger partial charge is 0.195 e. The Labute approximate surface area is 87.7 Å². The summed E-state index contributed by atoms with van der Waals surface area (Å²) in [6, 6.07) is 5.56. The summed E-state index contributed by atoms with van der Waals surface area (Å²) >= 11 is 11.0. The summed E-state index contributed by atoms with van der Waals surface area (Å²) in [4.78, 5) is 10.4. The highest BCUT2D eigenvalue weighted by Gasteiger charge is 2.14. The van der Waals surface area contributed by atoms with Gasteiger partial charge in [-0.05, 0) is 26.0 Å². The molecule has 0 N–H and O–H groups in total. The van der Waals surface area contributed by atoms with Crippen LogP contribution >= 0.6 is 23.2 Å². The monoisotopic (exact) mass is 216 g/mol. The maximum atomic E-state index is 11.4. The first-order valence-electron chi connectivity index (χ1n) is 3.91. The number of benzene rings is 1. The second-order valence-electron chi connectivity index (χ2n) is 3.04. The van der Waals surface area contributed by atoms with E-state index in [4.69, 9.17) is 23.2 Å². The van der Waals surface area contributed by atoms with Gasteiger partial charge in [0.15, 0.2) is 10.6 Å². The maximum Gasteiger partial charge on any atom is 0.195 e. The molecule has 0 radical (unpaired) electrons. The van der Waals surface area contributed by atoms with Crippen LogP contribution in [0.25, 0.3) is 0 Å². The zero-order chi connectivity index (χ0) is 10.0. The van der Waals surface area contributed by atoms with Crippen molar-refractivity contribution in [1.82, 2.24) is 0 Å². The summed E-state index contributed by atoms with van der Waals surface area (Å²) in [5.74, 6) is -0.241. The molecule has 0 amide bonds. The summed E-state index contributed by atoms with van der Waals surface area (Å²) in [6.45, 7) is 3.86. The number of ketones is 1. The fourth-order valence-corrected chi connectivity index (χ4v) is 1.49. The van der Waals surface area contributed by atoms with Crippen molar-refractivity contribution in [2.24, 2.45) is 0 Å².